The van der Waals surface area contributed by atoms with Gasteiger partial charge in [0.25, 0.3) is 0 Å². The zero-order valence-corrected chi connectivity index (χ0v) is 8.40. The zero-order valence-electron chi connectivity index (χ0n) is 7.58. The van der Waals surface area contributed by atoms with E-state index < -0.39 is 0 Å². The van der Waals surface area contributed by atoms with Crippen molar-refractivity contribution in [3.63, 3.8) is 0 Å². The summed E-state index contributed by atoms with van der Waals surface area (Å²) >= 11 is 1.81. The first-order valence-electron chi connectivity index (χ1n) is 4.58. The molecular formula is C9H14N2S. The van der Waals surface area contributed by atoms with E-state index in [4.69, 9.17) is 0 Å². The summed E-state index contributed by atoms with van der Waals surface area (Å²) in [6.07, 6.45) is 3.75. The molecule has 1 saturated carbocycles. The molecule has 0 saturated heterocycles. The first-order chi connectivity index (χ1) is 5.75. The average molecular weight is 182 g/mol. The fourth-order valence-corrected chi connectivity index (χ4v) is 2.42. The molecule has 0 unspecified atom stereocenters. The van der Waals surface area contributed by atoms with E-state index in [1.54, 1.807) is 0 Å². The van der Waals surface area contributed by atoms with Crippen molar-refractivity contribution >= 4 is 11.3 Å². The molecule has 0 N–H and O–H groups in total. The van der Waals surface area contributed by atoms with Crippen molar-refractivity contribution in [2.24, 2.45) is 5.92 Å². The molecule has 0 radical (unpaired) electrons. The van der Waals surface area contributed by atoms with Crippen molar-refractivity contribution in [2.75, 3.05) is 0 Å². The molecule has 0 amide bonds. The second kappa shape index (κ2) is 3.13. The minimum Gasteiger partial charge on any atom is -0.144 e. The smallest absolute Gasteiger partial charge is 0.120 e. The summed E-state index contributed by atoms with van der Waals surface area (Å²) < 4.78 is 0. The second-order valence-electron chi connectivity index (χ2n) is 3.91. The largest absolute Gasteiger partial charge is 0.144 e. The summed E-state index contributed by atoms with van der Waals surface area (Å²) in [5, 5.41) is 10.9. The van der Waals surface area contributed by atoms with Crippen LogP contribution < -0.4 is 0 Å². The lowest BCUT2D eigenvalue weighted by Gasteiger charge is -1.96. The third-order valence-corrected chi connectivity index (χ3v) is 3.10. The zero-order chi connectivity index (χ0) is 8.55. The van der Waals surface area contributed by atoms with Gasteiger partial charge in [-0.15, -0.1) is 21.5 Å². The van der Waals surface area contributed by atoms with Gasteiger partial charge in [-0.2, -0.15) is 0 Å². The van der Waals surface area contributed by atoms with Gasteiger partial charge in [-0.1, -0.05) is 13.8 Å². The van der Waals surface area contributed by atoms with Crippen LogP contribution in [-0.4, -0.2) is 10.2 Å². The highest BCUT2D eigenvalue weighted by Gasteiger charge is 2.27. The van der Waals surface area contributed by atoms with Gasteiger partial charge in [-0.05, 0) is 18.8 Å². The highest BCUT2D eigenvalue weighted by Crippen LogP contribution is 2.41. The van der Waals surface area contributed by atoms with Crippen LogP contribution in [0.15, 0.2) is 0 Å². The quantitative estimate of drug-likeness (QED) is 0.718. The second-order valence-corrected chi connectivity index (χ2v) is 5.00. The molecule has 1 aromatic heterocycles. The number of hydrogen-bond acceptors (Lipinski definition) is 3. The number of nitrogens with zero attached hydrogens (tertiary/aromatic N) is 2. The normalized spacial score (nSPS) is 17.2. The maximum atomic E-state index is 4.20. The Kier molecular flexibility index (Phi) is 2.13. The molecule has 1 aliphatic rings. The van der Waals surface area contributed by atoms with E-state index in [0.29, 0.717) is 5.92 Å². The third-order valence-electron chi connectivity index (χ3n) is 1.99. The number of aromatic nitrogens is 2. The molecule has 0 aliphatic heterocycles. The molecule has 0 spiro atoms. The molecule has 0 bridgehead atoms. The standard InChI is InChI=1S/C9H14N2S/c1-6(2)5-8-10-11-9(12-8)7-3-4-7/h6-7H,3-5H2,1-2H3. The molecule has 1 heterocycles. The minimum atomic E-state index is 0.699. The lowest BCUT2D eigenvalue weighted by Crippen LogP contribution is -1.92. The third kappa shape index (κ3) is 1.83. The average Bonchev–Trinajstić information content (AvgIpc) is 2.73. The van der Waals surface area contributed by atoms with Crippen molar-refractivity contribution in [3.8, 4) is 0 Å². The van der Waals surface area contributed by atoms with E-state index in [1.807, 2.05) is 11.3 Å². The van der Waals surface area contributed by atoms with Crippen LogP contribution in [0.3, 0.4) is 0 Å². The Balaban J connectivity index is 2.03. The lowest BCUT2D eigenvalue weighted by atomic mass is 10.1. The Morgan fingerprint density at radius 3 is 2.75 bits per heavy atom. The van der Waals surface area contributed by atoms with Crippen LogP contribution in [0.2, 0.25) is 0 Å². The van der Waals surface area contributed by atoms with Crippen LogP contribution in [0.1, 0.15) is 42.6 Å². The maximum Gasteiger partial charge on any atom is 0.120 e. The highest BCUT2D eigenvalue weighted by molar-refractivity contribution is 7.11. The van der Waals surface area contributed by atoms with E-state index in [1.165, 1.54) is 22.9 Å². The van der Waals surface area contributed by atoms with Gasteiger partial charge in [-0.3, -0.25) is 0 Å². The van der Waals surface area contributed by atoms with Gasteiger partial charge in [-0.25, -0.2) is 0 Å². The van der Waals surface area contributed by atoms with Crippen LogP contribution in [0.25, 0.3) is 0 Å². The predicted molar refractivity (Wildman–Crippen MR) is 50.4 cm³/mol. The van der Waals surface area contributed by atoms with Gasteiger partial charge in [0.05, 0.1) is 0 Å². The summed E-state index contributed by atoms with van der Waals surface area (Å²) in [7, 11) is 0. The Morgan fingerprint density at radius 2 is 2.17 bits per heavy atom. The topological polar surface area (TPSA) is 25.8 Å². The summed E-state index contributed by atoms with van der Waals surface area (Å²) in [5.74, 6) is 1.47. The van der Waals surface area contributed by atoms with E-state index >= 15 is 0 Å². The van der Waals surface area contributed by atoms with E-state index in [0.717, 1.165) is 12.3 Å². The molecule has 0 atom stereocenters. The van der Waals surface area contributed by atoms with Gasteiger partial charge < -0.3 is 0 Å². The van der Waals surface area contributed by atoms with Gasteiger partial charge in [0.2, 0.25) is 0 Å². The van der Waals surface area contributed by atoms with Crippen LogP contribution in [0.4, 0.5) is 0 Å². The molecule has 2 nitrogen and oxygen atoms in total. The summed E-state index contributed by atoms with van der Waals surface area (Å²) in [6.45, 7) is 4.44. The SMILES string of the molecule is CC(C)Cc1nnc(C2CC2)s1. The van der Waals surface area contributed by atoms with Gasteiger partial charge in [0, 0.05) is 12.3 Å². The van der Waals surface area contributed by atoms with Gasteiger partial charge in [0.1, 0.15) is 10.0 Å². The number of hydrogen-bond donors (Lipinski definition) is 0. The van der Waals surface area contributed by atoms with Crippen molar-refractivity contribution in [3.05, 3.63) is 10.0 Å². The van der Waals surface area contributed by atoms with Gasteiger partial charge >= 0.3 is 0 Å². The molecule has 0 aromatic carbocycles. The fraction of sp³-hybridized carbons (Fsp3) is 0.778. The highest BCUT2D eigenvalue weighted by atomic mass is 32.1. The molecule has 66 valence electrons. The molecule has 1 aliphatic carbocycles. The Hall–Kier alpha value is -0.440. The van der Waals surface area contributed by atoms with E-state index in [-0.39, 0.29) is 0 Å². The van der Waals surface area contributed by atoms with Crippen molar-refractivity contribution in [2.45, 2.75) is 39.0 Å². The maximum absolute atomic E-state index is 4.20. The van der Waals surface area contributed by atoms with Crippen LogP contribution in [0, 0.1) is 5.92 Å². The monoisotopic (exact) mass is 182 g/mol. The summed E-state index contributed by atoms with van der Waals surface area (Å²) in [4.78, 5) is 0. The first-order valence-corrected chi connectivity index (χ1v) is 5.39. The Bertz CT molecular complexity index is 263. The Labute approximate surface area is 77.0 Å². The summed E-state index contributed by atoms with van der Waals surface area (Å²) in [5.41, 5.74) is 0. The van der Waals surface area contributed by atoms with Crippen LogP contribution >= 0.6 is 11.3 Å². The predicted octanol–water partition coefficient (Wildman–Crippen LogP) is 2.61. The first kappa shape index (κ1) is 8.17. The van der Waals surface area contributed by atoms with Crippen molar-refractivity contribution in [1.82, 2.24) is 10.2 Å². The molecule has 1 aromatic rings. The van der Waals surface area contributed by atoms with Gasteiger partial charge in [0.15, 0.2) is 0 Å². The van der Waals surface area contributed by atoms with E-state index in [9.17, 15) is 0 Å². The molecule has 1 fully saturated rings. The van der Waals surface area contributed by atoms with Crippen LogP contribution in [-0.2, 0) is 6.42 Å². The molecule has 3 heteroatoms. The fourth-order valence-electron chi connectivity index (χ4n) is 1.19. The van der Waals surface area contributed by atoms with Crippen molar-refractivity contribution in [1.29, 1.82) is 0 Å². The molecular weight excluding hydrogens is 168 g/mol. The summed E-state index contributed by atoms with van der Waals surface area (Å²) in [6, 6.07) is 0. The molecule has 2 rings (SSSR count). The minimum absolute atomic E-state index is 0.699. The van der Waals surface area contributed by atoms with Crippen molar-refractivity contribution < 1.29 is 0 Å². The van der Waals surface area contributed by atoms with Crippen LogP contribution in [0.5, 0.6) is 0 Å². The lowest BCUT2D eigenvalue weighted by molar-refractivity contribution is 0.639. The Morgan fingerprint density at radius 1 is 1.42 bits per heavy atom. The number of rotatable bonds is 3. The molecule has 12 heavy (non-hydrogen) atoms. The van der Waals surface area contributed by atoms with E-state index in [2.05, 4.69) is 24.0 Å².